The molecule has 0 aliphatic carbocycles. The van der Waals surface area contributed by atoms with Crippen molar-refractivity contribution in [2.24, 2.45) is 5.92 Å². The van der Waals surface area contributed by atoms with Gasteiger partial charge in [-0.1, -0.05) is 20.8 Å². The van der Waals surface area contributed by atoms with Crippen LogP contribution < -0.4 is 5.32 Å². The molecule has 0 radical (unpaired) electrons. The Labute approximate surface area is 108 Å². The Balaban J connectivity index is 3.82. The minimum absolute atomic E-state index is 0.102. The second-order valence-electron chi connectivity index (χ2n) is 5.91. The summed E-state index contributed by atoms with van der Waals surface area (Å²) < 4.78 is 0. The molecule has 1 unspecified atom stereocenters. The van der Waals surface area contributed by atoms with Crippen LogP contribution >= 0.6 is 0 Å². The van der Waals surface area contributed by atoms with Gasteiger partial charge in [-0.15, -0.1) is 0 Å². The van der Waals surface area contributed by atoms with Crippen molar-refractivity contribution in [2.75, 3.05) is 33.3 Å². The van der Waals surface area contributed by atoms with Crippen molar-refractivity contribution in [2.45, 2.75) is 52.5 Å². The minimum Gasteiger partial charge on any atom is -0.394 e. The van der Waals surface area contributed by atoms with Crippen molar-refractivity contribution in [3.8, 4) is 0 Å². The zero-order chi connectivity index (χ0) is 13.3. The van der Waals surface area contributed by atoms with Crippen LogP contribution in [-0.2, 0) is 0 Å². The number of nitrogens with one attached hydrogen (secondary N) is 1. The summed E-state index contributed by atoms with van der Waals surface area (Å²) in [6.07, 6.45) is 3.28. The molecule has 0 fully saturated rings. The van der Waals surface area contributed by atoms with Crippen LogP contribution in [0.15, 0.2) is 0 Å². The molecule has 0 bridgehead atoms. The summed E-state index contributed by atoms with van der Waals surface area (Å²) in [4.78, 5) is 2.38. The molecule has 17 heavy (non-hydrogen) atoms. The summed E-state index contributed by atoms with van der Waals surface area (Å²) in [5.41, 5.74) is -0.102. The molecule has 104 valence electrons. The predicted molar refractivity (Wildman–Crippen MR) is 75.4 cm³/mol. The van der Waals surface area contributed by atoms with Crippen LogP contribution in [0, 0.1) is 5.92 Å². The SMILES string of the molecule is CCCNC(C)(CO)CCCN(C)CC(C)C. The van der Waals surface area contributed by atoms with Crippen molar-refractivity contribution in [1.82, 2.24) is 10.2 Å². The molecule has 2 N–H and O–H groups in total. The summed E-state index contributed by atoms with van der Waals surface area (Å²) in [7, 11) is 2.18. The fourth-order valence-electron chi connectivity index (χ4n) is 2.10. The van der Waals surface area contributed by atoms with Gasteiger partial charge < -0.3 is 15.3 Å². The van der Waals surface area contributed by atoms with E-state index in [4.69, 9.17) is 0 Å². The predicted octanol–water partition coefficient (Wildman–Crippen LogP) is 2.10. The van der Waals surface area contributed by atoms with E-state index in [2.05, 4.69) is 45.0 Å². The van der Waals surface area contributed by atoms with E-state index in [1.54, 1.807) is 0 Å². The lowest BCUT2D eigenvalue weighted by Crippen LogP contribution is -2.46. The molecule has 0 aromatic heterocycles. The maximum absolute atomic E-state index is 9.45. The molecule has 0 aromatic rings. The van der Waals surface area contributed by atoms with Crippen LogP contribution in [-0.4, -0.2) is 48.8 Å². The van der Waals surface area contributed by atoms with Gasteiger partial charge in [-0.3, -0.25) is 0 Å². The average Bonchev–Trinajstić information content (AvgIpc) is 2.25. The first-order valence-corrected chi connectivity index (χ1v) is 6.98. The van der Waals surface area contributed by atoms with Gasteiger partial charge in [-0.25, -0.2) is 0 Å². The van der Waals surface area contributed by atoms with Crippen LogP contribution in [0.1, 0.15) is 47.0 Å². The number of nitrogens with zero attached hydrogens (tertiary/aromatic N) is 1. The zero-order valence-corrected chi connectivity index (χ0v) is 12.4. The number of hydrogen-bond donors (Lipinski definition) is 2. The van der Waals surface area contributed by atoms with Gasteiger partial charge in [0.2, 0.25) is 0 Å². The van der Waals surface area contributed by atoms with E-state index in [0.29, 0.717) is 0 Å². The number of aliphatic hydroxyl groups excluding tert-OH is 1. The van der Waals surface area contributed by atoms with Crippen LogP contribution in [0.5, 0.6) is 0 Å². The summed E-state index contributed by atoms with van der Waals surface area (Å²) >= 11 is 0. The standard InChI is InChI=1S/C14H32N2O/c1-6-9-15-14(4,12-17)8-7-10-16(5)11-13(2)3/h13,15,17H,6-12H2,1-5H3. The van der Waals surface area contributed by atoms with E-state index in [9.17, 15) is 5.11 Å². The number of rotatable bonds is 10. The van der Waals surface area contributed by atoms with Crippen LogP contribution in [0.2, 0.25) is 0 Å². The molecule has 0 aromatic carbocycles. The minimum atomic E-state index is -0.102. The van der Waals surface area contributed by atoms with Crippen molar-refractivity contribution in [3.63, 3.8) is 0 Å². The molecule has 3 heteroatoms. The molecular weight excluding hydrogens is 212 g/mol. The summed E-state index contributed by atoms with van der Waals surface area (Å²) in [5, 5.41) is 12.9. The highest BCUT2D eigenvalue weighted by Gasteiger charge is 2.21. The van der Waals surface area contributed by atoms with Gasteiger partial charge in [0.25, 0.3) is 0 Å². The smallest absolute Gasteiger partial charge is 0.0610 e. The quantitative estimate of drug-likeness (QED) is 0.618. The van der Waals surface area contributed by atoms with Gasteiger partial charge in [0, 0.05) is 12.1 Å². The third-order valence-corrected chi connectivity index (χ3v) is 3.10. The Bertz CT molecular complexity index is 185. The molecule has 0 rings (SSSR count). The highest BCUT2D eigenvalue weighted by atomic mass is 16.3. The molecule has 0 aliphatic heterocycles. The summed E-state index contributed by atoms with van der Waals surface area (Å²) in [6.45, 7) is 12.2. The summed E-state index contributed by atoms with van der Waals surface area (Å²) in [6, 6.07) is 0. The zero-order valence-electron chi connectivity index (χ0n) is 12.4. The second kappa shape index (κ2) is 8.90. The lowest BCUT2D eigenvalue weighted by Gasteiger charge is -2.30. The number of hydrogen-bond acceptors (Lipinski definition) is 3. The largest absolute Gasteiger partial charge is 0.394 e. The Hall–Kier alpha value is -0.120. The van der Waals surface area contributed by atoms with Gasteiger partial charge in [0.1, 0.15) is 0 Å². The Kier molecular flexibility index (Phi) is 8.83. The third kappa shape index (κ3) is 8.58. The highest BCUT2D eigenvalue weighted by molar-refractivity contribution is 4.82. The Morgan fingerprint density at radius 1 is 1.35 bits per heavy atom. The van der Waals surface area contributed by atoms with Crippen LogP contribution in [0.3, 0.4) is 0 Å². The summed E-state index contributed by atoms with van der Waals surface area (Å²) in [5.74, 6) is 0.724. The molecule has 1 atom stereocenters. The van der Waals surface area contributed by atoms with E-state index < -0.39 is 0 Å². The van der Waals surface area contributed by atoms with Gasteiger partial charge in [0.05, 0.1) is 6.61 Å². The van der Waals surface area contributed by atoms with E-state index in [0.717, 1.165) is 44.8 Å². The fraction of sp³-hybridized carbons (Fsp3) is 1.00. The molecule has 3 nitrogen and oxygen atoms in total. The Morgan fingerprint density at radius 3 is 2.47 bits per heavy atom. The number of aliphatic hydroxyl groups is 1. The van der Waals surface area contributed by atoms with E-state index in [1.807, 2.05) is 0 Å². The van der Waals surface area contributed by atoms with Gasteiger partial charge >= 0.3 is 0 Å². The maximum atomic E-state index is 9.45. The first kappa shape index (κ1) is 16.9. The van der Waals surface area contributed by atoms with Crippen molar-refractivity contribution >= 4 is 0 Å². The molecule has 0 heterocycles. The molecule has 0 amide bonds. The third-order valence-electron chi connectivity index (χ3n) is 3.10. The van der Waals surface area contributed by atoms with E-state index >= 15 is 0 Å². The van der Waals surface area contributed by atoms with Crippen molar-refractivity contribution in [1.29, 1.82) is 0 Å². The Morgan fingerprint density at radius 2 is 2.00 bits per heavy atom. The molecular formula is C14H32N2O. The normalized spacial score (nSPS) is 15.5. The maximum Gasteiger partial charge on any atom is 0.0610 e. The molecule has 0 spiro atoms. The van der Waals surface area contributed by atoms with Crippen LogP contribution in [0.4, 0.5) is 0 Å². The van der Waals surface area contributed by atoms with Crippen molar-refractivity contribution in [3.05, 3.63) is 0 Å². The molecule has 0 aliphatic rings. The molecule has 0 saturated heterocycles. The second-order valence-corrected chi connectivity index (χ2v) is 5.91. The fourth-order valence-corrected chi connectivity index (χ4v) is 2.10. The van der Waals surface area contributed by atoms with Gasteiger partial charge in [0.15, 0.2) is 0 Å². The average molecular weight is 244 g/mol. The molecule has 0 saturated carbocycles. The monoisotopic (exact) mass is 244 g/mol. The van der Waals surface area contributed by atoms with Crippen molar-refractivity contribution < 1.29 is 5.11 Å². The van der Waals surface area contributed by atoms with Gasteiger partial charge in [-0.05, 0) is 52.2 Å². The first-order chi connectivity index (χ1) is 7.93. The van der Waals surface area contributed by atoms with E-state index in [1.165, 1.54) is 0 Å². The lowest BCUT2D eigenvalue weighted by molar-refractivity contribution is 0.158. The van der Waals surface area contributed by atoms with E-state index in [-0.39, 0.29) is 12.1 Å². The van der Waals surface area contributed by atoms with Crippen LogP contribution in [0.25, 0.3) is 0 Å². The lowest BCUT2D eigenvalue weighted by atomic mass is 9.96. The van der Waals surface area contributed by atoms with Gasteiger partial charge in [-0.2, -0.15) is 0 Å². The topological polar surface area (TPSA) is 35.5 Å². The first-order valence-electron chi connectivity index (χ1n) is 6.98. The highest BCUT2D eigenvalue weighted by Crippen LogP contribution is 2.12.